The number of aromatic nitrogens is 1. The van der Waals surface area contributed by atoms with Crippen molar-refractivity contribution in [1.29, 1.82) is 0 Å². The number of hydrogen-bond acceptors (Lipinski definition) is 4. The largest absolute Gasteiger partial charge is 0.384 e. The Morgan fingerprint density at radius 1 is 1.17 bits per heavy atom. The van der Waals surface area contributed by atoms with E-state index in [1.807, 2.05) is 62.3 Å². The van der Waals surface area contributed by atoms with Crippen molar-refractivity contribution in [3.05, 3.63) is 59.9 Å². The van der Waals surface area contributed by atoms with E-state index in [9.17, 15) is 4.79 Å². The van der Waals surface area contributed by atoms with Crippen molar-refractivity contribution in [2.75, 3.05) is 32.5 Å². The van der Waals surface area contributed by atoms with Crippen LogP contribution in [0.3, 0.4) is 0 Å². The van der Waals surface area contributed by atoms with Gasteiger partial charge in [0.2, 0.25) is 5.91 Å². The van der Waals surface area contributed by atoms with Crippen LogP contribution in [0.25, 0.3) is 0 Å². The van der Waals surface area contributed by atoms with E-state index in [0.29, 0.717) is 6.54 Å². The van der Waals surface area contributed by atoms with Crippen LogP contribution in [0, 0.1) is 6.92 Å². The molecule has 2 aromatic rings. The number of nitrogens with zero attached hydrogens (tertiary/aromatic N) is 2. The minimum atomic E-state index is -0.267. The van der Waals surface area contributed by atoms with Gasteiger partial charge in [0.15, 0.2) is 0 Å². The first-order valence-corrected chi connectivity index (χ1v) is 8.22. The standard InChI is InChI=1S/C19H26N4O/c1-15-7-9-16(10-8-15)18(23(2)3)19(24)22-13-5-12-21-17-6-4-11-20-14-17/h4,6-11,14,18,21H,5,12-13H2,1-3H3,(H,22,24)/t18-/m0/s1. The molecule has 0 aliphatic rings. The Hall–Kier alpha value is -2.40. The van der Waals surface area contributed by atoms with Gasteiger partial charge >= 0.3 is 0 Å². The molecule has 0 saturated heterocycles. The van der Waals surface area contributed by atoms with E-state index in [2.05, 4.69) is 15.6 Å². The smallest absolute Gasteiger partial charge is 0.241 e. The number of hydrogen-bond donors (Lipinski definition) is 2. The monoisotopic (exact) mass is 326 g/mol. The van der Waals surface area contributed by atoms with Gasteiger partial charge in [-0.05, 0) is 45.1 Å². The molecule has 2 N–H and O–H groups in total. The maximum absolute atomic E-state index is 12.5. The lowest BCUT2D eigenvalue weighted by Crippen LogP contribution is -2.37. The van der Waals surface area contributed by atoms with Gasteiger partial charge in [-0.2, -0.15) is 0 Å². The topological polar surface area (TPSA) is 57.3 Å². The number of likely N-dealkylation sites (N-methyl/N-ethyl adjacent to an activating group) is 1. The van der Waals surface area contributed by atoms with Crippen molar-refractivity contribution in [2.45, 2.75) is 19.4 Å². The molecule has 0 saturated carbocycles. The molecular weight excluding hydrogens is 300 g/mol. The molecule has 24 heavy (non-hydrogen) atoms. The van der Waals surface area contributed by atoms with Crippen molar-refractivity contribution in [3.8, 4) is 0 Å². The Morgan fingerprint density at radius 2 is 1.92 bits per heavy atom. The van der Waals surface area contributed by atoms with Crippen LogP contribution < -0.4 is 10.6 Å². The van der Waals surface area contributed by atoms with Crippen LogP contribution >= 0.6 is 0 Å². The normalized spacial score (nSPS) is 12.0. The van der Waals surface area contributed by atoms with E-state index in [-0.39, 0.29) is 11.9 Å². The maximum Gasteiger partial charge on any atom is 0.241 e. The van der Waals surface area contributed by atoms with Crippen LogP contribution in [0.1, 0.15) is 23.6 Å². The summed E-state index contributed by atoms with van der Waals surface area (Å²) in [5, 5.41) is 6.31. The van der Waals surface area contributed by atoms with Gasteiger partial charge in [-0.3, -0.25) is 14.7 Å². The van der Waals surface area contributed by atoms with Gasteiger partial charge < -0.3 is 10.6 Å². The highest BCUT2D eigenvalue weighted by Crippen LogP contribution is 2.18. The van der Waals surface area contributed by atoms with Crippen molar-refractivity contribution in [3.63, 3.8) is 0 Å². The first-order valence-electron chi connectivity index (χ1n) is 8.22. The summed E-state index contributed by atoms with van der Waals surface area (Å²) in [5.74, 6) is 0.0326. The highest BCUT2D eigenvalue weighted by atomic mass is 16.2. The van der Waals surface area contributed by atoms with Gasteiger partial charge in [0.1, 0.15) is 6.04 Å². The number of rotatable bonds is 8. The molecule has 1 aromatic carbocycles. The lowest BCUT2D eigenvalue weighted by molar-refractivity contribution is -0.125. The molecule has 0 spiro atoms. The lowest BCUT2D eigenvalue weighted by Gasteiger charge is -2.24. The van der Waals surface area contributed by atoms with E-state index in [0.717, 1.165) is 24.2 Å². The number of aryl methyl sites for hydroxylation is 1. The SMILES string of the molecule is Cc1ccc([C@@H](C(=O)NCCCNc2cccnc2)N(C)C)cc1. The number of carbonyl (C=O) groups excluding carboxylic acids is 1. The molecule has 1 heterocycles. The summed E-state index contributed by atoms with van der Waals surface area (Å²) in [5.41, 5.74) is 3.20. The first-order chi connectivity index (χ1) is 11.6. The number of benzene rings is 1. The van der Waals surface area contributed by atoms with E-state index >= 15 is 0 Å². The number of carbonyl (C=O) groups is 1. The van der Waals surface area contributed by atoms with Crippen molar-refractivity contribution in [2.24, 2.45) is 0 Å². The molecule has 1 atom stereocenters. The average Bonchev–Trinajstić information content (AvgIpc) is 2.57. The molecule has 0 aliphatic heterocycles. The van der Waals surface area contributed by atoms with Crippen LogP contribution in [-0.4, -0.2) is 43.0 Å². The molecular formula is C19H26N4O. The van der Waals surface area contributed by atoms with Crippen LogP contribution in [0.4, 0.5) is 5.69 Å². The number of anilines is 1. The second-order valence-electron chi connectivity index (χ2n) is 6.09. The highest BCUT2D eigenvalue weighted by Gasteiger charge is 2.22. The summed E-state index contributed by atoms with van der Waals surface area (Å²) >= 11 is 0. The first kappa shape index (κ1) is 17.9. The van der Waals surface area contributed by atoms with Crippen LogP contribution in [0.5, 0.6) is 0 Å². The van der Waals surface area contributed by atoms with Gasteiger partial charge in [0, 0.05) is 25.5 Å². The summed E-state index contributed by atoms with van der Waals surface area (Å²) < 4.78 is 0. The van der Waals surface area contributed by atoms with Crippen LogP contribution in [0.2, 0.25) is 0 Å². The van der Waals surface area contributed by atoms with E-state index < -0.39 is 0 Å². The Bertz CT molecular complexity index is 626. The number of pyridine rings is 1. The predicted molar refractivity (Wildman–Crippen MR) is 98.0 cm³/mol. The van der Waals surface area contributed by atoms with Gasteiger partial charge in [-0.1, -0.05) is 29.8 Å². The molecule has 0 fully saturated rings. The van der Waals surface area contributed by atoms with Crippen LogP contribution in [-0.2, 0) is 4.79 Å². The van der Waals surface area contributed by atoms with E-state index in [1.54, 1.807) is 12.4 Å². The zero-order chi connectivity index (χ0) is 17.4. The zero-order valence-electron chi connectivity index (χ0n) is 14.6. The van der Waals surface area contributed by atoms with Gasteiger partial charge in [0.05, 0.1) is 5.69 Å². The molecule has 5 nitrogen and oxygen atoms in total. The molecule has 2 rings (SSSR count). The number of amides is 1. The predicted octanol–water partition coefficient (Wildman–Crippen LogP) is 2.61. The Labute approximate surface area is 144 Å². The van der Waals surface area contributed by atoms with Gasteiger partial charge in [-0.25, -0.2) is 0 Å². The van der Waals surface area contributed by atoms with Crippen molar-refractivity contribution >= 4 is 11.6 Å². The lowest BCUT2D eigenvalue weighted by atomic mass is 10.0. The third-order valence-electron chi connectivity index (χ3n) is 3.80. The molecule has 0 aliphatic carbocycles. The third kappa shape index (κ3) is 5.35. The fraction of sp³-hybridized carbons (Fsp3) is 0.368. The van der Waals surface area contributed by atoms with Crippen molar-refractivity contribution < 1.29 is 4.79 Å². The molecule has 1 amide bonds. The average molecular weight is 326 g/mol. The molecule has 128 valence electrons. The number of nitrogens with one attached hydrogen (secondary N) is 2. The third-order valence-corrected chi connectivity index (χ3v) is 3.80. The van der Waals surface area contributed by atoms with E-state index in [1.165, 1.54) is 5.56 Å². The molecule has 0 unspecified atom stereocenters. The van der Waals surface area contributed by atoms with Gasteiger partial charge in [-0.15, -0.1) is 0 Å². The van der Waals surface area contributed by atoms with E-state index in [4.69, 9.17) is 0 Å². The molecule has 0 radical (unpaired) electrons. The fourth-order valence-corrected chi connectivity index (χ4v) is 2.53. The summed E-state index contributed by atoms with van der Waals surface area (Å²) in [4.78, 5) is 18.5. The Morgan fingerprint density at radius 3 is 2.54 bits per heavy atom. The van der Waals surface area contributed by atoms with Crippen molar-refractivity contribution in [1.82, 2.24) is 15.2 Å². The zero-order valence-corrected chi connectivity index (χ0v) is 14.6. The summed E-state index contributed by atoms with van der Waals surface area (Å²) in [7, 11) is 3.85. The highest BCUT2D eigenvalue weighted by molar-refractivity contribution is 5.83. The van der Waals surface area contributed by atoms with Crippen LogP contribution in [0.15, 0.2) is 48.8 Å². The molecule has 5 heteroatoms. The summed E-state index contributed by atoms with van der Waals surface area (Å²) in [6.45, 7) is 3.48. The Balaban J connectivity index is 1.80. The Kier molecular flexibility index (Phi) is 6.75. The summed E-state index contributed by atoms with van der Waals surface area (Å²) in [6.07, 6.45) is 4.39. The minimum absolute atomic E-state index is 0.0326. The molecule has 1 aromatic heterocycles. The maximum atomic E-state index is 12.5. The summed E-state index contributed by atoms with van der Waals surface area (Å²) in [6, 6.07) is 11.7. The van der Waals surface area contributed by atoms with Gasteiger partial charge in [0.25, 0.3) is 0 Å². The second kappa shape index (κ2) is 9.03. The second-order valence-corrected chi connectivity index (χ2v) is 6.09. The fourth-order valence-electron chi connectivity index (χ4n) is 2.53. The quantitative estimate of drug-likeness (QED) is 0.732. The molecule has 0 bridgehead atoms. The minimum Gasteiger partial charge on any atom is -0.384 e.